The summed E-state index contributed by atoms with van der Waals surface area (Å²) in [4.78, 5) is 19.1. The maximum Gasteiger partial charge on any atom is 0.381 e. The highest BCUT2D eigenvalue weighted by Gasteiger charge is 2.42. The fraction of sp³-hybridized carbons (Fsp3) is 0.214. The quantitative estimate of drug-likeness (QED) is 0.851. The molecule has 22 heavy (non-hydrogen) atoms. The number of halogens is 3. The molecule has 1 heterocycles. The molecule has 0 amide bonds. The van der Waals surface area contributed by atoms with Crippen LogP contribution >= 0.6 is 11.6 Å². The first-order valence-corrected chi connectivity index (χ1v) is 6.71. The van der Waals surface area contributed by atoms with Gasteiger partial charge in [0.25, 0.3) is 0 Å². The van der Waals surface area contributed by atoms with E-state index in [9.17, 15) is 13.6 Å². The van der Waals surface area contributed by atoms with Crippen molar-refractivity contribution in [2.75, 3.05) is 11.9 Å². The van der Waals surface area contributed by atoms with E-state index in [0.29, 0.717) is 10.7 Å². The number of ether oxygens (including phenoxy) is 1. The molecule has 1 aromatic carbocycles. The zero-order valence-electron chi connectivity index (χ0n) is 11.5. The van der Waals surface area contributed by atoms with Gasteiger partial charge < -0.3 is 10.1 Å². The number of esters is 1. The Morgan fingerprint density at radius 1 is 1.27 bits per heavy atom. The van der Waals surface area contributed by atoms with Crippen LogP contribution in [0.5, 0.6) is 0 Å². The van der Waals surface area contributed by atoms with E-state index in [1.165, 1.54) is 31.5 Å². The van der Waals surface area contributed by atoms with Crippen LogP contribution in [-0.4, -0.2) is 22.5 Å². The van der Waals surface area contributed by atoms with Gasteiger partial charge >= 0.3 is 11.9 Å². The molecule has 1 aromatic heterocycles. The number of aromatic nitrogens is 2. The molecule has 0 spiro atoms. The number of nitrogens with one attached hydrogen (secondary N) is 1. The molecular weight excluding hydrogens is 316 g/mol. The molecule has 2 rings (SSSR count). The van der Waals surface area contributed by atoms with E-state index >= 15 is 0 Å². The number of hydrogen-bond donors (Lipinski definition) is 1. The lowest BCUT2D eigenvalue weighted by atomic mass is 10.1. The van der Waals surface area contributed by atoms with Crippen LogP contribution in [0.4, 0.5) is 20.4 Å². The minimum absolute atomic E-state index is 0.109. The van der Waals surface area contributed by atoms with Crippen molar-refractivity contribution < 1.29 is 18.3 Å². The maximum atomic E-state index is 13.8. The summed E-state index contributed by atoms with van der Waals surface area (Å²) >= 11 is 5.66. The Balaban J connectivity index is 2.13. The van der Waals surface area contributed by atoms with Gasteiger partial charge in [0.1, 0.15) is 0 Å². The lowest BCUT2D eigenvalue weighted by Crippen LogP contribution is -2.28. The number of anilines is 2. The van der Waals surface area contributed by atoms with Gasteiger partial charge in [-0.15, -0.1) is 0 Å². The second-order valence-corrected chi connectivity index (χ2v) is 4.66. The predicted octanol–water partition coefficient (Wildman–Crippen LogP) is 3.53. The molecule has 0 unspecified atom stereocenters. The molecule has 1 N–H and O–H groups in total. The van der Waals surface area contributed by atoms with Gasteiger partial charge in [-0.1, -0.05) is 23.7 Å². The van der Waals surface area contributed by atoms with Crippen LogP contribution in [0.25, 0.3) is 0 Å². The fourth-order valence-corrected chi connectivity index (χ4v) is 1.71. The van der Waals surface area contributed by atoms with E-state index in [0.717, 1.165) is 12.1 Å². The van der Waals surface area contributed by atoms with Gasteiger partial charge in [-0.05, 0) is 19.1 Å². The van der Waals surface area contributed by atoms with Gasteiger partial charge in [0.15, 0.2) is 0 Å². The predicted molar refractivity (Wildman–Crippen MR) is 77.3 cm³/mol. The van der Waals surface area contributed by atoms with Crippen molar-refractivity contribution in [3.05, 3.63) is 47.2 Å². The van der Waals surface area contributed by atoms with Gasteiger partial charge in [0, 0.05) is 11.3 Å². The Morgan fingerprint density at radius 2 is 1.86 bits per heavy atom. The molecule has 0 radical (unpaired) electrons. The van der Waals surface area contributed by atoms with Gasteiger partial charge in [-0.3, -0.25) is 0 Å². The molecule has 0 aliphatic carbocycles. The molecule has 0 bridgehead atoms. The second-order valence-electron chi connectivity index (χ2n) is 4.22. The van der Waals surface area contributed by atoms with Crippen molar-refractivity contribution in [1.29, 1.82) is 0 Å². The molecule has 8 heteroatoms. The summed E-state index contributed by atoms with van der Waals surface area (Å²) in [6.45, 7) is 1.36. The van der Waals surface area contributed by atoms with Gasteiger partial charge in [-0.25, -0.2) is 14.8 Å². The molecule has 5 nitrogen and oxygen atoms in total. The summed E-state index contributed by atoms with van der Waals surface area (Å²) < 4.78 is 32.0. The Kier molecular flexibility index (Phi) is 4.87. The standard InChI is InChI=1S/C14H12ClF2N3O2/c1-2-22-12(21)14(16,17)9-3-5-11(6-4-9)20-13-18-7-10(15)8-19-13/h3-8H,2H2,1H3,(H,18,19,20). The minimum atomic E-state index is -3.69. The van der Waals surface area contributed by atoms with Crippen LogP contribution in [0, 0.1) is 0 Å². The molecule has 0 saturated carbocycles. The molecule has 2 aromatic rings. The Bertz CT molecular complexity index is 648. The Hall–Kier alpha value is -2.28. The van der Waals surface area contributed by atoms with E-state index < -0.39 is 17.5 Å². The monoisotopic (exact) mass is 327 g/mol. The van der Waals surface area contributed by atoms with Crippen molar-refractivity contribution in [2.45, 2.75) is 12.8 Å². The van der Waals surface area contributed by atoms with E-state index in [4.69, 9.17) is 11.6 Å². The van der Waals surface area contributed by atoms with Crippen LogP contribution < -0.4 is 5.32 Å². The maximum absolute atomic E-state index is 13.8. The minimum Gasteiger partial charge on any atom is -0.461 e. The lowest BCUT2D eigenvalue weighted by Gasteiger charge is -2.15. The molecule has 0 saturated heterocycles. The van der Waals surface area contributed by atoms with Gasteiger partial charge in [-0.2, -0.15) is 8.78 Å². The Labute approximate surface area is 130 Å². The SMILES string of the molecule is CCOC(=O)C(F)(F)c1ccc(Nc2ncc(Cl)cn2)cc1. The molecule has 0 fully saturated rings. The summed E-state index contributed by atoms with van der Waals surface area (Å²) in [5.41, 5.74) is 0.0410. The third-order valence-electron chi connectivity index (χ3n) is 2.66. The summed E-state index contributed by atoms with van der Waals surface area (Å²) in [5, 5.41) is 3.21. The van der Waals surface area contributed by atoms with Gasteiger partial charge in [0.05, 0.1) is 24.0 Å². The van der Waals surface area contributed by atoms with Crippen LogP contribution in [-0.2, 0) is 15.5 Å². The third kappa shape index (κ3) is 3.67. The van der Waals surface area contributed by atoms with E-state index in [-0.39, 0.29) is 12.6 Å². The fourth-order valence-electron chi connectivity index (χ4n) is 1.61. The summed E-state index contributed by atoms with van der Waals surface area (Å²) in [6.07, 6.45) is 2.81. The smallest absolute Gasteiger partial charge is 0.381 e. The van der Waals surface area contributed by atoms with Crippen molar-refractivity contribution in [1.82, 2.24) is 9.97 Å². The number of alkyl halides is 2. The number of hydrogen-bond acceptors (Lipinski definition) is 5. The molecule has 0 atom stereocenters. The molecule has 0 aliphatic heterocycles. The van der Waals surface area contributed by atoms with E-state index in [2.05, 4.69) is 20.0 Å². The van der Waals surface area contributed by atoms with E-state index in [1.54, 1.807) is 0 Å². The zero-order valence-corrected chi connectivity index (χ0v) is 12.3. The zero-order chi connectivity index (χ0) is 16.2. The number of carbonyl (C=O) groups is 1. The van der Waals surface area contributed by atoms with Crippen LogP contribution in [0.2, 0.25) is 5.02 Å². The highest BCUT2D eigenvalue weighted by molar-refractivity contribution is 6.30. The first-order chi connectivity index (χ1) is 10.4. The van der Waals surface area contributed by atoms with E-state index in [1.807, 2.05) is 0 Å². The topological polar surface area (TPSA) is 64.1 Å². The highest BCUT2D eigenvalue weighted by atomic mass is 35.5. The number of nitrogens with zero attached hydrogens (tertiary/aromatic N) is 2. The normalized spacial score (nSPS) is 11.1. The van der Waals surface area contributed by atoms with Crippen LogP contribution in [0.15, 0.2) is 36.7 Å². The average molecular weight is 328 g/mol. The summed E-state index contributed by atoms with van der Waals surface area (Å²) in [5.74, 6) is -4.99. The summed E-state index contributed by atoms with van der Waals surface area (Å²) in [6, 6.07) is 5.05. The van der Waals surface area contributed by atoms with Crippen LogP contribution in [0.1, 0.15) is 12.5 Å². The molecule has 116 valence electrons. The number of benzene rings is 1. The second kappa shape index (κ2) is 6.65. The van der Waals surface area contributed by atoms with Crippen molar-refractivity contribution >= 4 is 29.2 Å². The highest BCUT2D eigenvalue weighted by Crippen LogP contribution is 2.30. The number of carbonyl (C=O) groups excluding carboxylic acids is 1. The number of rotatable bonds is 5. The van der Waals surface area contributed by atoms with Crippen LogP contribution in [0.3, 0.4) is 0 Å². The third-order valence-corrected chi connectivity index (χ3v) is 2.85. The van der Waals surface area contributed by atoms with Crippen molar-refractivity contribution in [3.8, 4) is 0 Å². The van der Waals surface area contributed by atoms with Crippen molar-refractivity contribution in [2.24, 2.45) is 0 Å². The lowest BCUT2D eigenvalue weighted by molar-refractivity contribution is -0.173. The first kappa shape index (κ1) is 16.1. The average Bonchev–Trinajstić information content (AvgIpc) is 2.50. The summed E-state index contributed by atoms with van der Waals surface area (Å²) in [7, 11) is 0. The first-order valence-electron chi connectivity index (χ1n) is 6.33. The molecule has 0 aliphatic rings. The molecular formula is C14H12ClF2N3O2. The Morgan fingerprint density at radius 3 is 2.41 bits per heavy atom. The van der Waals surface area contributed by atoms with Gasteiger partial charge in [0.2, 0.25) is 5.95 Å². The van der Waals surface area contributed by atoms with Crippen molar-refractivity contribution in [3.63, 3.8) is 0 Å². The largest absolute Gasteiger partial charge is 0.461 e.